The van der Waals surface area contributed by atoms with Crippen molar-refractivity contribution in [1.29, 1.82) is 0 Å². The molecule has 1 fully saturated rings. The van der Waals surface area contributed by atoms with E-state index in [-0.39, 0.29) is 24.2 Å². The van der Waals surface area contributed by atoms with Gasteiger partial charge in [0.25, 0.3) is 5.91 Å². The number of morpholine rings is 1. The van der Waals surface area contributed by atoms with Crippen LogP contribution in [0.5, 0.6) is 0 Å². The first-order valence-corrected chi connectivity index (χ1v) is 10.9. The molecule has 2 aliphatic rings. The smallest absolute Gasteiger partial charge is 0.253 e. The summed E-state index contributed by atoms with van der Waals surface area (Å²) in [6.07, 6.45) is -0.341. The van der Waals surface area contributed by atoms with Gasteiger partial charge in [0.1, 0.15) is 5.82 Å². The number of anilines is 1. The number of amides is 2. The van der Waals surface area contributed by atoms with Gasteiger partial charge >= 0.3 is 0 Å². The fourth-order valence-corrected chi connectivity index (χ4v) is 4.51. The summed E-state index contributed by atoms with van der Waals surface area (Å²) < 4.78 is 19.0. The maximum absolute atomic E-state index is 13.7. The predicted molar refractivity (Wildman–Crippen MR) is 117 cm³/mol. The Morgan fingerprint density at radius 2 is 2.09 bits per heavy atom. The molecule has 4 N–H and O–H groups in total. The van der Waals surface area contributed by atoms with E-state index in [2.05, 4.69) is 20.5 Å². The summed E-state index contributed by atoms with van der Waals surface area (Å²) in [7, 11) is 0. The number of aliphatic hydroxyl groups excluding tert-OH is 1. The molecule has 9 heteroatoms. The normalized spacial score (nSPS) is 19.5. The van der Waals surface area contributed by atoms with Crippen LogP contribution in [-0.4, -0.2) is 72.3 Å². The van der Waals surface area contributed by atoms with Crippen LogP contribution in [0.1, 0.15) is 38.8 Å². The molecule has 0 spiro atoms. The molecule has 0 saturated carbocycles. The zero-order valence-corrected chi connectivity index (χ0v) is 18.3. The van der Waals surface area contributed by atoms with Gasteiger partial charge in [-0.3, -0.25) is 14.5 Å². The van der Waals surface area contributed by atoms with Crippen molar-refractivity contribution in [3.05, 3.63) is 52.1 Å². The number of aromatic nitrogens is 1. The lowest BCUT2D eigenvalue weighted by molar-refractivity contribution is -0.117. The first-order chi connectivity index (χ1) is 15.3. The van der Waals surface area contributed by atoms with E-state index in [1.807, 2.05) is 6.92 Å². The van der Waals surface area contributed by atoms with Gasteiger partial charge < -0.3 is 25.5 Å². The summed E-state index contributed by atoms with van der Waals surface area (Å²) in [6, 6.07) is 4.27. The van der Waals surface area contributed by atoms with Gasteiger partial charge in [-0.05, 0) is 43.2 Å². The number of carbonyl (C=O) groups is 2. The summed E-state index contributed by atoms with van der Waals surface area (Å²) >= 11 is 0. The Hall–Kier alpha value is -2.75. The topological polar surface area (TPSA) is 107 Å². The van der Waals surface area contributed by atoms with Gasteiger partial charge in [0.15, 0.2) is 0 Å². The minimum absolute atomic E-state index is 0.146. The lowest BCUT2D eigenvalue weighted by Gasteiger charge is -2.28. The molecule has 2 aromatic rings. The molecule has 0 bridgehead atoms. The van der Waals surface area contributed by atoms with Crippen LogP contribution in [0.4, 0.5) is 10.1 Å². The Morgan fingerprint density at radius 3 is 2.84 bits per heavy atom. The quantitative estimate of drug-likeness (QED) is 0.518. The third-order valence-corrected chi connectivity index (χ3v) is 6.21. The number of fused-ring (bicyclic) bond motifs is 1. The standard InChI is InChI=1S/C23H29FN4O4/c1-13-20(10-18-17-9-15(24)3-4-19(17)27-22(18)30)26-14(2)21(13)23(31)25-11-16(29)12-28-5-7-32-8-6-28/h3-4,9,16,18,26,29H,5-8,10-12H2,1-2H3,(H,25,31)(H,27,30)/t16-,18?/m1/s1. The summed E-state index contributed by atoms with van der Waals surface area (Å²) in [5.41, 5.74) is 3.96. The average Bonchev–Trinajstić information content (AvgIpc) is 3.22. The number of hydrogen-bond acceptors (Lipinski definition) is 5. The number of aryl methyl sites for hydroxylation is 1. The Balaban J connectivity index is 1.41. The molecule has 2 amide bonds. The number of aromatic amines is 1. The Kier molecular flexibility index (Phi) is 6.59. The third kappa shape index (κ3) is 4.69. The molecule has 3 heterocycles. The van der Waals surface area contributed by atoms with E-state index in [0.29, 0.717) is 48.7 Å². The highest BCUT2D eigenvalue weighted by atomic mass is 19.1. The van der Waals surface area contributed by atoms with Gasteiger partial charge in [-0.1, -0.05) is 0 Å². The van der Waals surface area contributed by atoms with Crippen LogP contribution < -0.4 is 10.6 Å². The number of hydrogen-bond donors (Lipinski definition) is 4. The molecular formula is C23H29FN4O4. The molecule has 32 heavy (non-hydrogen) atoms. The van der Waals surface area contributed by atoms with Crippen molar-refractivity contribution in [3.8, 4) is 0 Å². The number of nitrogens with zero attached hydrogens (tertiary/aromatic N) is 1. The van der Waals surface area contributed by atoms with Crippen molar-refractivity contribution >= 4 is 17.5 Å². The van der Waals surface area contributed by atoms with Crippen LogP contribution >= 0.6 is 0 Å². The number of nitrogens with one attached hydrogen (secondary N) is 3. The number of H-pyrrole nitrogens is 1. The molecule has 1 aromatic heterocycles. The van der Waals surface area contributed by atoms with Crippen LogP contribution in [0.25, 0.3) is 0 Å². The van der Waals surface area contributed by atoms with E-state index in [9.17, 15) is 19.1 Å². The number of halogens is 1. The number of carbonyl (C=O) groups excluding carboxylic acids is 2. The minimum Gasteiger partial charge on any atom is -0.390 e. The van der Waals surface area contributed by atoms with Crippen molar-refractivity contribution in [2.24, 2.45) is 0 Å². The summed E-state index contributed by atoms with van der Waals surface area (Å²) in [5.74, 6) is -1.37. The van der Waals surface area contributed by atoms with Crippen LogP contribution in [0, 0.1) is 19.7 Å². The van der Waals surface area contributed by atoms with Crippen LogP contribution in [0.3, 0.4) is 0 Å². The Labute approximate surface area is 186 Å². The lowest BCUT2D eigenvalue weighted by Crippen LogP contribution is -2.44. The van der Waals surface area contributed by atoms with E-state index >= 15 is 0 Å². The maximum Gasteiger partial charge on any atom is 0.253 e. The highest BCUT2D eigenvalue weighted by Crippen LogP contribution is 2.36. The largest absolute Gasteiger partial charge is 0.390 e. The zero-order valence-electron chi connectivity index (χ0n) is 18.3. The van der Waals surface area contributed by atoms with Gasteiger partial charge in [0.05, 0.1) is 30.8 Å². The summed E-state index contributed by atoms with van der Waals surface area (Å²) in [6.45, 7) is 7.10. The van der Waals surface area contributed by atoms with Crippen LogP contribution in [0.15, 0.2) is 18.2 Å². The van der Waals surface area contributed by atoms with Crippen molar-refractivity contribution in [3.63, 3.8) is 0 Å². The van der Waals surface area contributed by atoms with E-state index in [0.717, 1.165) is 24.3 Å². The Bertz CT molecular complexity index is 1020. The molecule has 8 nitrogen and oxygen atoms in total. The van der Waals surface area contributed by atoms with Crippen molar-refractivity contribution in [1.82, 2.24) is 15.2 Å². The molecule has 2 aliphatic heterocycles. The van der Waals surface area contributed by atoms with E-state index in [4.69, 9.17) is 4.74 Å². The zero-order chi connectivity index (χ0) is 22.8. The van der Waals surface area contributed by atoms with Crippen molar-refractivity contribution in [2.45, 2.75) is 32.3 Å². The fraction of sp³-hybridized carbons (Fsp3) is 0.478. The first kappa shape index (κ1) is 22.4. The highest BCUT2D eigenvalue weighted by Gasteiger charge is 2.32. The SMILES string of the molecule is Cc1[nH]c(CC2C(=O)Nc3ccc(F)cc32)c(C)c1C(=O)NC[C@@H](O)CN1CCOCC1. The molecule has 0 aliphatic carbocycles. The molecule has 1 unspecified atom stereocenters. The maximum atomic E-state index is 13.7. The van der Waals surface area contributed by atoms with Gasteiger partial charge in [-0.2, -0.15) is 0 Å². The Morgan fingerprint density at radius 1 is 1.34 bits per heavy atom. The molecule has 1 aromatic carbocycles. The molecule has 4 rings (SSSR count). The third-order valence-electron chi connectivity index (χ3n) is 6.21. The van der Waals surface area contributed by atoms with Crippen LogP contribution in [0.2, 0.25) is 0 Å². The average molecular weight is 445 g/mol. The van der Waals surface area contributed by atoms with E-state index < -0.39 is 12.0 Å². The molecule has 2 atom stereocenters. The molecule has 1 saturated heterocycles. The first-order valence-electron chi connectivity index (χ1n) is 10.9. The molecular weight excluding hydrogens is 415 g/mol. The van der Waals surface area contributed by atoms with Crippen LogP contribution in [-0.2, 0) is 16.0 Å². The number of β-amino-alcohol motifs (C(OH)–C–C–N with tert-alkyl or cyclic N) is 1. The number of aliphatic hydroxyl groups is 1. The number of rotatable bonds is 7. The number of benzene rings is 1. The van der Waals surface area contributed by atoms with E-state index in [1.54, 1.807) is 13.0 Å². The fourth-order valence-electron chi connectivity index (χ4n) is 4.51. The second-order valence-electron chi connectivity index (χ2n) is 8.48. The van der Waals surface area contributed by atoms with Crippen molar-refractivity contribution in [2.75, 3.05) is 44.7 Å². The minimum atomic E-state index is -0.676. The van der Waals surface area contributed by atoms with Gasteiger partial charge in [-0.25, -0.2) is 4.39 Å². The van der Waals surface area contributed by atoms with E-state index in [1.165, 1.54) is 12.1 Å². The predicted octanol–water partition coefficient (Wildman–Crippen LogP) is 1.47. The monoisotopic (exact) mass is 444 g/mol. The number of ether oxygens (including phenoxy) is 1. The van der Waals surface area contributed by atoms with Gasteiger partial charge in [-0.15, -0.1) is 0 Å². The second kappa shape index (κ2) is 9.40. The van der Waals surface area contributed by atoms with Gasteiger partial charge in [0, 0.05) is 49.7 Å². The lowest BCUT2D eigenvalue weighted by atomic mass is 9.94. The molecule has 0 radical (unpaired) electrons. The highest BCUT2D eigenvalue weighted by molar-refractivity contribution is 6.03. The van der Waals surface area contributed by atoms with Gasteiger partial charge in [0.2, 0.25) is 5.91 Å². The summed E-state index contributed by atoms with van der Waals surface area (Å²) in [4.78, 5) is 30.6. The molecule has 172 valence electrons. The van der Waals surface area contributed by atoms with Crippen molar-refractivity contribution < 1.29 is 23.8 Å². The second-order valence-corrected chi connectivity index (χ2v) is 8.48. The summed E-state index contributed by atoms with van der Waals surface area (Å²) in [5, 5.41) is 15.9.